The second-order valence-corrected chi connectivity index (χ2v) is 9.63. The van der Waals surface area contributed by atoms with E-state index in [0.29, 0.717) is 36.7 Å². The SMILES string of the molecule is CS(=O)(=O)NC1CCN(C(=O)CSc2ccc(Cl)c3ccccc23)CC1. The van der Waals surface area contributed by atoms with Crippen molar-refractivity contribution < 1.29 is 13.2 Å². The molecule has 0 spiro atoms. The smallest absolute Gasteiger partial charge is 0.232 e. The lowest BCUT2D eigenvalue weighted by Crippen LogP contribution is -2.46. The molecule has 140 valence electrons. The first-order valence-corrected chi connectivity index (χ1v) is 11.6. The van der Waals surface area contributed by atoms with Crippen LogP contribution in [0.5, 0.6) is 0 Å². The van der Waals surface area contributed by atoms with Gasteiger partial charge in [0, 0.05) is 34.4 Å². The fraction of sp³-hybridized carbons (Fsp3) is 0.389. The number of rotatable bonds is 5. The fourth-order valence-electron chi connectivity index (χ4n) is 3.14. The summed E-state index contributed by atoms with van der Waals surface area (Å²) in [7, 11) is -3.20. The van der Waals surface area contributed by atoms with E-state index in [1.165, 1.54) is 11.8 Å². The van der Waals surface area contributed by atoms with Crippen molar-refractivity contribution in [2.45, 2.75) is 23.8 Å². The summed E-state index contributed by atoms with van der Waals surface area (Å²) in [6, 6.07) is 11.6. The normalized spacial score (nSPS) is 16.2. The first-order valence-electron chi connectivity index (χ1n) is 8.38. The molecular formula is C18H21ClN2O3S2. The number of benzene rings is 2. The van der Waals surface area contributed by atoms with E-state index >= 15 is 0 Å². The average molecular weight is 413 g/mol. The Morgan fingerprint density at radius 1 is 1.19 bits per heavy atom. The number of piperidine rings is 1. The molecule has 0 radical (unpaired) electrons. The van der Waals surface area contributed by atoms with Gasteiger partial charge in [-0.05, 0) is 30.4 Å². The summed E-state index contributed by atoms with van der Waals surface area (Å²) in [5.41, 5.74) is 0. The van der Waals surface area contributed by atoms with Crippen molar-refractivity contribution in [3.8, 4) is 0 Å². The van der Waals surface area contributed by atoms with Gasteiger partial charge in [0.25, 0.3) is 0 Å². The van der Waals surface area contributed by atoms with Crippen LogP contribution in [0.15, 0.2) is 41.3 Å². The quantitative estimate of drug-likeness (QED) is 0.766. The maximum atomic E-state index is 12.5. The van der Waals surface area contributed by atoms with Gasteiger partial charge in [-0.3, -0.25) is 4.79 Å². The second kappa shape index (κ2) is 8.17. The van der Waals surface area contributed by atoms with Gasteiger partial charge >= 0.3 is 0 Å². The molecule has 2 aromatic rings. The molecule has 1 fully saturated rings. The number of halogens is 1. The third-order valence-corrected chi connectivity index (χ3v) is 6.56. The van der Waals surface area contributed by atoms with Crippen LogP contribution in [0.4, 0.5) is 0 Å². The van der Waals surface area contributed by atoms with Gasteiger partial charge in [0.15, 0.2) is 0 Å². The minimum absolute atomic E-state index is 0.0758. The molecule has 0 aliphatic carbocycles. The van der Waals surface area contributed by atoms with Gasteiger partial charge in [-0.25, -0.2) is 13.1 Å². The summed E-state index contributed by atoms with van der Waals surface area (Å²) >= 11 is 7.75. The highest BCUT2D eigenvalue weighted by atomic mass is 35.5. The highest BCUT2D eigenvalue weighted by Gasteiger charge is 2.24. The van der Waals surface area contributed by atoms with Gasteiger partial charge in [0.1, 0.15) is 0 Å². The molecule has 1 N–H and O–H groups in total. The highest BCUT2D eigenvalue weighted by Crippen LogP contribution is 2.32. The third kappa shape index (κ3) is 4.91. The molecule has 1 aliphatic heterocycles. The first-order chi connectivity index (χ1) is 12.3. The fourth-order valence-corrected chi connectivity index (χ4v) is 5.17. The molecule has 0 saturated carbocycles. The van der Waals surface area contributed by atoms with Crippen molar-refractivity contribution in [2.75, 3.05) is 25.1 Å². The molecule has 1 saturated heterocycles. The molecule has 2 aromatic carbocycles. The zero-order valence-electron chi connectivity index (χ0n) is 14.4. The van der Waals surface area contributed by atoms with Gasteiger partial charge in [0.05, 0.1) is 12.0 Å². The van der Waals surface area contributed by atoms with Crippen LogP contribution in [0.3, 0.4) is 0 Å². The molecule has 5 nitrogen and oxygen atoms in total. The number of amides is 1. The first kappa shape index (κ1) is 19.5. The number of thioether (sulfide) groups is 1. The number of carbonyl (C=O) groups excluding carboxylic acids is 1. The van der Waals surface area contributed by atoms with Crippen LogP contribution in [-0.2, 0) is 14.8 Å². The van der Waals surface area contributed by atoms with Crippen molar-refractivity contribution in [1.29, 1.82) is 0 Å². The predicted molar refractivity (Wildman–Crippen MR) is 107 cm³/mol. The molecular weight excluding hydrogens is 392 g/mol. The van der Waals surface area contributed by atoms with E-state index in [2.05, 4.69) is 4.72 Å². The average Bonchev–Trinajstić information content (AvgIpc) is 2.60. The van der Waals surface area contributed by atoms with Gasteiger partial charge in [0.2, 0.25) is 15.9 Å². The molecule has 8 heteroatoms. The van der Waals surface area contributed by atoms with Crippen molar-refractivity contribution in [2.24, 2.45) is 0 Å². The lowest BCUT2D eigenvalue weighted by molar-refractivity contribution is -0.129. The Morgan fingerprint density at radius 2 is 1.85 bits per heavy atom. The minimum Gasteiger partial charge on any atom is -0.342 e. The monoisotopic (exact) mass is 412 g/mol. The molecule has 0 bridgehead atoms. The van der Waals surface area contributed by atoms with Crippen molar-refractivity contribution >= 4 is 50.1 Å². The Labute approximate surface area is 163 Å². The molecule has 0 atom stereocenters. The zero-order chi connectivity index (χ0) is 18.7. The van der Waals surface area contributed by atoms with Gasteiger partial charge in [-0.15, -0.1) is 11.8 Å². The van der Waals surface area contributed by atoms with Crippen LogP contribution in [0.25, 0.3) is 10.8 Å². The molecule has 3 rings (SSSR count). The number of hydrogen-bond donors (Lipinski definition) is 1. The molecule has 0 aromatic heterocycles. The number of sulfonamides is 1. The van der Waals surface area contributed by atoms with Crippen LogP contribution >= 0.6 is 23.4 Å². The van der Waals surface area contributed by atoms with Crippen molar-refractivity contribution in [1.82, 2.24) is 9.62 Å². The maximum absolute atomic E-state index is 12.5. The third-order valence-electron chi connectivity index (χ3n) is 4.41. The number of carbonyl (C=O) groups is 1. The predicted octanol–water partition coefficient (Wildman–Crippen LogP) is 3.13. The van der Waals surface area contributed by atoms with Crippen molar-refractivity contribution in [3.05, 3.63) is 41.4 Å². The standard InChI is InChI=1S/C18H21ClN2O3S2/c1-26(23,24)20-13-8-10-21(11-9-13)18(22)12-25-17-7-6-16(19)14-4-2-3-5-15(14)17/h2-7,13,20H,8-12H2,1H3. The highest BCUT2D eigenvalue weighted by molar-refractivity contribution is 8.00. The number of nitrogens with zero attached hydrogens (tertiary/aromatic N) is 1. The lowest BCUT2D eigenvalue weighted by Gasteiger charge is -2.32. The Balaban J connectivity index is 1.58. The summed E-state index contributed by atoms with van der Waals surface area (Å²) < 4.78 is 25.2. The number of nitrogens with one attached hydrogen (secondary N) is 1. The van der Waals surface area contributed by atoms with E-state index in [9.17, 15) is 13.2 Å². The Hall–Kier alpha value is -1.28. The lowest BCUT2D eigenvalue weighted by atomic mass is 10.1. The summed E-state index contributed by atoms with van der Waals surface area (Å²) in [5, 5.41) is 2.74. The molecule has 1 heterocycles. The van der Waals surface area contributed by atoms with E-state index in [0.717, 1.165) is 21.9 Å². The zero-order valence-corrected chi connectivity index (χ0v) is 16.8. The van der Waals surface area contributed by atoms with Crippen LogP contribution in [0, 0.1) is 0 Å². The van der Waals surface area contributed by atoms with Gasteiger partial charge < -0.3 is 4.90 Å². The topological polar surface area (TPSA) is 66.5 Å². The summed E-state index contributed by atoms with van der Waals surface area (Å²) in [6.45, 7) is 1.15. The minimum atomic E-state index is -3.20. The molecule has 1 amide bonds. The van der Waals surface area contributed by atoms with E-state index in [1.54, 1.807) is 0 Å². The number of likely N-dealkylation sites (tertiary alicyclic amines) is 1. The Kier molecular flexibility index (Phi) is 6.12. The van der Waals surface area contributed by atoms with Crippen molar-refractivity contribution in [3.63, 3.8) is 0 Å². The Morgan fingerprint density at radius 3 is 2.50 bits per heavy atom. The second-order valence-electron chi connectivity index (χ2n) is 6.42. The van der Waals surface area contributed by atoms with Crippen LogP contribution in [0.1, 0.15) is 12.8 Å². The van der Waals surface area contributed by atoms with Crippen LogP contribution in [-0.4, -0.2) is 50.4 Å². The van der Waals surface area contributed by atoms with E-state index in [1.807, 2.05) is 41.3 Å². The van der Waals surface area contributed by atoms with Crippen LogP contribution in [0.2, 0.25) is 5.02 Å². The van der Waals surface area contributed by atoms with E-state index in [-0.39, 0.29) is 11.9 Å². The van der Waals surface area contributed by atoms with Gasteiger partial charge in [-0.1, -0.05) is 35.9 Å². The molecule has 0 unspecified atom stereocenters. The Bertz CT molecular complexity index is 910. The number of fused-ring (bicyclic) bond motifs is 1. The summed E-state index contributed by atoms with van der Waals surface area (Å²) in [4.78, 5) is 15.4. The maximum Gasteiger partial charge on any atom is 0.232 e. The largest absolute Gasteiger partial charge is 0.342 e. The summed E-state index contributed by atoms with van der Waals surface area (Å²) in [5.74, 6) is 0.433. The van der Waals surface area contributed by atoms with E-state index in [4.69, 9.17) is 11.6 Å². The van der Waals surface area contributed by atoms with E-state index < -0.39 is 10.0 Å². The molecule has 26 heavy (non-hydrogen) atoms. The summed E-state index contributed by atoms with van der Waals surface area (Å²) in [6.07, 6.45) is 2.46. The van der Waals surface area contributed by atoms with Crippen LogP contribution < -0.4 is 4.72 Å². The van der Waals surface area contributed by atoms with Gasteiger partial charge in [-0.2, -0.15) is 0 Å². The molecule has 1 aliphatic rings. The number of hydrogen-bond acceptors (Lipinski definition) is 4.